The lowest BCUT2D eigenvalue weighted by Gasteiger charge is -2.24. The first-order valence-electron chi connectivity index (χ1n) is 8.90. The number of carbonyl (C=O) groups is 1. The maximum atomic E-state index is 12.7. The molecule has 3 rings (SSSR count). The number of nitrogens with zero attached hydrogens (tertiary/aromatic N) is 4. The average molecular weight is 406 g/mol. The Morgan fingerprint density at radius 1 is 1.39 bits per heavy atom. The Bertz CT molecular complexity index is 943. The van der Waals surface area contributed by atoms with Gasteiger partial charge in [-0.05, 0) is 39.2 Å². The molecule has 28 heavy (non-hydrogen) atoms. The van der Waals surface area contributed by atoms with Crippen LogP contribution in [0, 0.1) is 16.0 Å². The Labute approximate surface area is 164 Å². The second-order valence-corrected chi connectivity index (χ2v) is 9.17. The summed E-state index contributed by atoms with van der Waals surface area (Å²) >= 11 is 0. The van der Waals surface area contributed by atoms with E-state index in [1.807, 2.05) is 20.8 Å². The molecule has 2 atom stereocenters. The van der Waals surface area contributed by atoms with E-state index in [-0.39, 0.29) is 17.7 Å². The van der Waals surface area contributed by atoms with E-state index in [9.17, 15) is 19.1 Å². The molecule has 0 saturated carbocycles. The van der Waals surface area contributed by atoms with Crippen molar-refractivity contribution < 1.29 is 18.7 Å². The largest absolute Gasteiger partial charge is 0.444 e. The van der Waals surface area contributed by atoms with E-state index in [0.717, 1.165) is 6.42 Å². The lowest BCUT2D eigenvalue weighted by molar-refractivity contribution is -0.384. The number of fused-ring (bicyclic) bond motifs is 1. The van der Waals surface area contributed by atoms with Gasteiger partial charge in [0.15, 0.2) is 0 Å². The van der Waals surface area contributed by atoms with E-state index in [0.29, 0.717) is 34.9 Å². The highest BCUT2D eigenvalue weighted by molar-refractivity contribution is 7.84. The van der Waals surface area contributed by atoms with Gasteiger partial charge in [-0.15, -0.1) is 0 Å². The zero-order valence-corrected chi connectivity index (χ0v) is 16.8. The monoisotopic (exact) mass is 406 g/mol. The second-order valence-electron chi connectivity index (χ2n) is 7.73. The minimum absolute atomic E-state index is 0.0659. The molecular formula is C18H22N4O5S. The molecule has 0 radical (unpaired) electrons. The first-order valence-corrected chi connectivity index (χ1v) is 10.2. The summed E-state index contributed by atoms with van der Waals surface area (Å²) in [4.78, 5) is 32.6. The molecule has 1 aromatic heterocycles. The van der Waals surface area contributed by atoms with Crippen molar-refractivity contribution in [3.63, 3.8) is 0 Å². The number of aromatic nitrogens is 2. The molecule has 0 bridgehead atoms. The molecule has 1 amide bonds. The van der Waals surface area contributed by atoms with Crippen LogP contribution in [0.1, 0.15) is 27.2 Å². The fraction of sp³-hybridized carbons (Fsp3) is 0.500. The van der Waals surface area contributed by atoms with Gasteiger partial charge in [0.1, 0.15) is 10.6 Å². The molecular weight excluding hydrogens is 384 g/mol. The SMILES string of the molecule is CC(C)(C)OC(=O)N1CCC(CS(=O)c2cnc3cc([N+](=O)[O-])ccc3n2)C1. The summed E-state index contributed by atoms with van der Waals surface area (Å²) < 4.78 is 18.1. The average Bonchev–Trinajstić information content (AvgIpc) is 3.08. The third kappa shape index (κ3) is 4.80. The molecule has 2 aromatic rings. The highest BCUT2D eigenvalue weighted by atomic mass is 32.2. The highest BCUT2D eigenvalue weighted by Crippen LogP contribution is 2.23. The number of carbonyl (C=O) groups excluding carboxylic acids is 1. The van der Waals surface area contributed by atoms with Crippen molar-refractivity contribution in [2.45, 2.75) is 37.8 Å². The van der Waals surface area contributed by atoms with Crippen molar-refractivity contribution in [3.8, 4) is 0 Å². The summed E-state index contributed by atoms with van der Waals surface area (Å²) in [6.07, 6.45) is 1.79. The van der Waals surface area contributed by atoms with Gasteiger partial charge in [0.25, 0.3) is 5.69 Å². The molecule has 2 unspecified atom stereocenters. The van der Waals surface area contributed by atoms with Crippen LogP contribution in [0.25, 0.3) is 11.0 Å². The van der Waals surface area contributed by atoms with Crippen LogP contribution < -0.4 is 0 Å². The molecule has 10 heteroatoms. The van der Waals surface area contributed by atoms with E-state index in [1.54, 1.807) is 4.90 Å². The minimum Gasteiger partial charge on any atom is -0.444 e. The van der Waals surface area contributed by atoms with Crippen LogP contribution in [0.4, 0.5) is 10.5 Å². The maximum Gasteiger partial charge on any atom is 0.410 e. The number of benzene rings is 1. The van der Waals surface area contributed by atoms with Crippen molar-refractivity contribution >= 4 is 33.6 Å². The van der Waals surface area contributed by atoms with Crippen molar-refractivity contribution in [2.75, 3.05) is 18.8 Å². The Balaban J connectivity index is 1.64. The number of likely N-dealkylation sites (tertiary alicyclic amines) is 1. The van der Waals surface area contributed by atoms with Gasteiger partial charge in [-0.3, -0.25) is 19.3 Å². The number of ether oxygens (including phenoxy) is 1. The molecule has 1 aromatic carbocycles. The molecule has 0 N–H and O–H groups in total. The fourth-order valence-electron chi connectivity index (χ4n) is 2.97. The van der Waals surface area contributed by atoms with Crippen LogP contribution in [0.15, 0.2) is 29.4 Å². The van der Waals surface area contributed by atoms with Crippen molar-refractivity contribution in [2.24, 2.45) is 5.92 Å². The quantitative estimate of drug-likeness (QED) is 0.566. The number of hydrogen-bond donors (Lipinski definition) is 0. The number of hydrogen-bond acceptors (Lipinski definition) is 7. The highest BCUT2D eigenvalue weighted by Gasteiger charge is 2.31. The van der Waals surface area contributed by atoms with Gasteiger partial charge in [-0.1, -0.05) is 0 Å². The summed E-state index contributed by atoms with van der Waals surface area (Å²) in [5.41, 5.74) is 0.224. The van der Waals surface area contributed by atoms with Crippen LogP contribution in [-0.2, 0) is 15.5 Å². The Morgan fingerprint density at radius 3 is 2.82 bits per heavy atom. The summed E-state index contributed by atoms with van der Waals surface area (Å²) in [5, 5.41) is 11.2. The predicted molar refractivity (Wildman–Crippen MR) is 103 cm³/mol. The molecule has 1 aliphatic heterocycles. The van der Waals surface area contributed by atoms with Crippen LogP contribution in [-0.4, -0.2) is 54.5 Å². The van der Waals surface area contributed by atoms with Crippen LogP contribution >= 0.6 is 0 Å². The molecule has 9 nitrogen and oxygen atoms in total. The normalized spacial score (nSPS) is 18.2. The zero-order chi connectivity index (χ0) is 20.5. The standard InChI is InChI=1S/C18H22N4O5S/c1-18(2,3)27-17(23)21-7-6-12(10-21)11-28(26)16-9-19-15-8-13(22(24)25)4-5-14(15)20-16/h4-5,8-9,12H,6-7,10-11H2,1-3H3. The van der Waals surface area contributed by atoms with Gasteiger partial charge in [0.2, 0.25) is 0 Å². The smallest absolute Gasteiger partial charge is 0.410 e. The van der Waals surface area contributed by atoms with E-state index in [2.05, 4.69) is 9.97 Å². The van der Waals surface area contributed by atoms with Gasteiger partial charge in [0, 0.05) is 31.0 Å². The van der Waals surface area contributed by atoms with E-state index < -0.39 is 21.3 Å². The van der Waals surface area contributed by atoms with Gasteiger partial charge < -0.3 is 9.64 Å². The lowest BCUT2D eigenvalue weighted by atomic mass is 10.2. The number of non-ortho nitro benzene ring substituents is 1. The van der Waals surface area contributed by atoms with Gasteiger partial charge >= 0.3 is 6.09 Å². The minimum atomic E-state index is -1.38. The first-order chi connectivity index (χ1) is 13.1. The molecule has 2 heterocycles. The predicted octanol–water partition coefficient (Wildman–Crippen LogP) is 2.90. The van der Waals surface area contributed by atoms with E-state index in [1.165, 1.54) is 24.4 Å². The molecule has 1 aliphatic rings. The topological polar surface area (TPSA) is 116 Å². The molecule has 1 saturated heterocycles. The second kappa shape index (κ2) is 7.78. The van der Waals surface area contributed by atoms with Gasteiger partial charge in [-0.25, -0.2) is 9.78 Å². The zero-order valence-electron chi connectivity index (χ0n) is 16.0. The Morgan fingerprint density at radius 2 is 2.14 bits per heavy atom. The lowest BCUT2D eigenvalue weighted by Crippen LogP contribution is -2.35. The van der Waals surface area contributed by atoms with Crippen molar-refractivity contribution in [1.82, 2.24) is 14.9 Å². The number of nitro benzene ring substituents is 1. The van der Waals surface area contributed by atoms with Crippen molar-refractivity contribution in [3.05, 3.63) is 34.5 Å². The summed E-state index contributed by atoms with van der Waals surface area (Å²) in [7, 11) is -1.38. The fourth-order valence-corrected chi connectivity index (χ4v) is 4.21. The molecule has 0 aliphatic carbocycles. The maximum absolute atomic E-state index is 12.7. The first kappa shape index (κ1) is 20.1. The van der Waals surface area contributed by atoms with E-state index in [4.69, 9.17) is 4.74 Å². The third-order valence-corrected chi connectivity index (χ3v) is 5.71. The van der Waals surface area contributed by atoms with Gasteiger partial charge in [-0.2, -0.15) is 0 Å². The molecule has 1 fully saturated rings. The summed E-state index contributed by atoms with van der Waals surface area (Å²) in [6, 6.07) is 4.19. The Hall–Kier alpha value is -2.62. The van der Waals surface area contributed by atoms with Crippen LogP contribution in [0.2, 0.25) is 0 Å². The number of rotatable bonds is 4. The molecule has 150 valence electrons. The summed E-state index contributed by atoms with van der Waals surface area (Å²) in [5.74, 6) is 0.453. The summed E-state index contributed by atoms with van der Waals surface area (Å²) in [6.45, 7) is 6.53. The van der Waals surface area contributed by atoms with Crippen LogP contribution in [0.3, 0.4) is 0 Å². The van der Waals surface area contributed by atoms with Crippen LogP contribution in [0.5, 0.6) is 0 Å². The number of nitro groups is 1. The Kier molecular flexibility index (Phi) is 5.59. The number of amides is 1. The van der Waals surface area contributed by atoms with Crippen molar-refractivity contribution in [1.29, 1.82) is 0 Å². The van der Waals surface area contributed by atoms with Gasteiger partial charge in [0.05, 0.1) is 33.0 Å². The molecule has 0 spiro atoms. The third-order valence-electron chi connectivity index (χ3n) is 4.27. The van der Waals surface area contributed by atoms with E-state index >= 15 is 0 Å².